The van der Waals surface area contributed by atoms with E-state index >= 15 is 0 Å². The Morgan fingerprint density at radius 2 is 1.66 bits per heavy atom. The van der Waals surface area contributed by atoms with E-state index in [2.05, 4.69) is 10.3 Å². The van der Waals surface area contributed by atoms with Crippen molar-refractivity contribution in [1.82, 2.24) is 4.98 Å². The molecular weight excluding hydrogens is 576 g/mol. The van der Waals surface area contributed by atoms with E-state index in [0.717, 1.165) is 6.07 Å². The molecule has 1 aromatic heterocycles. The van der Waals surface area contributed by atoms with Gasteiger partial charge in [0.2, 0.25) is 0 Å². The molecule has 0 saturated heterocycles. The number of anilines is 2. The first-order valence-electron chi connectivity index (χ1n) is 12.0. The Morgan fingerprint density at radius 3 is 2.32 bits per heavy atom. The van der Waals surface area contributed by atoms with Gasteiger partial charge in [-0.3, -0.25) is 23.7 Å². The highest BCUT2D eigenvalue weighted by molar-refractivity contribution is 7.91. The number of carbonyl (C=O) groups is 3. The molecule has 12 nitrogen and oxygen atoms in total. The number of ketones is 1. The summed E-state index contributed by atoms with van der Waals surface area (Å²) in [6, 6.07) is 12.4. The predicted molar refractivity (Wildman–Crippen MR) is 147 cm³/mol. The van der Waals surface area contributed by atoms with Crippen LogP contribution >= 0.6 is 0 Å². The number of carboxylic acids is 1. The summed E-state index contributed by atoms with van der Waals surface area (Å²) in [6.07, 6.45) is -0.168. The maximum Gasteiger partial charge on any atom is 0.303 e. The molecule has 3 aromatic carbocycles. The molecule has 1 aliphatic rings. The fraction of sp³-hybridized carbons (Fsp3) is 0.111. The van der Waals surface area contributed by atoms with Gasteiger partial charge in [-0.15, -0.1) is 0 Å². The standard InChI is InChI=1S/C27H20N2O10S2/c30-13-18-22-16-7-1-2-8-17(16)26(33)23-19(12-20(41(37,38)39)25(24(22)23)29-27(18)34)28-14-5-3-6-15(11-14)40(35,36)10-4-9-21(31)32/h1-3,5-8,11-13,28H,4,9-10H2,(H,29,34)(H,31,32)(H,37,38,39). The van der Waals surface area contributed by atoms with Gasteiger partial charge >= 0.3 is 5.97 Å². The molecular formula is C27H20N2O10S2. The molecule has 0 bridgehead atoms. The second kappa shape index (κ2) is 10.1. The molecule has 0 radical (unpaired) electrons. The smallest absolute Gasteiger partial charge is 0.303 e. The van der Waals surface area contributed by atoms with Crippen molar-refractivity contribution < 1.29 is 40.9 Å². The Bertz CT molecular complexity index is 2080. The van der Waals surface area contributed by atoms with E-state index in [0.29, 0.717) is 0 Å². The summed E-state index contributed by atoms with van der Waals surface area (Å²) in [7, 11) is -8.89. The largest absolute Gasteiger partial charge is 0.481 e. The van der Waals surface area contributed by atoms with E-state index < -0.39 is 47.9 Å². The minimum Gasteiger partial charge on any atom is -0.481 e. The Morgan fingerprint density at radius 1 is 0.951 bits per heavy atom. The predicted octanol–water partition coefficient (Wildman–Crippen LogP) is 3.18. The molecule has 14 heteroatoms. The van der Waals surface area contributed by atoms with Gasteiger partial charge in [0.05, 0.1) is 33.0 Å². The first-order valence-corrected chi connectivity index (χ1v) is 15.1. The molecule has 0 aliphatic heterocycles. The molecule has 41 heavy (non-hydrogen) atoms. The van der Waals surface area contributed by atoms with Gasteiger partial charge in [0.25, 0.3) is 15.7 Å². The maximum absolute atomic E-state index is 13.8. The number of hydrogen-bond acceptors (Lipinski definition) is 9. The Labute approximate surface area is 232 Å². The van der Waals surface area contributed by atoms with Gasteiger partial charge in [-0.25, -0.2) is 8.42 Å². The van der Waals surface area contributed by atoms with Crippen molar-refractivity contribution in [2.24, 2.45) is 0 Å². The summed E-state index contributed by atoms with van der Waals surface area (Å²) in [4.78, 5) is 50.8. The fourth-order valence-electron chi connectivity index (χ4n) is 4.88. The van der Waals surface area contributed by atoms with Crippen LogP contribution in [0.5, 0.6) is 0 Å². The van der Waals surface area contributed by atoms with E-state index in [4.69, 9.17) is 5.11 Å². The summed E-state index contributed by atoms with van der Waals surface area (Å²) < 4.78 is 60.5. The number of sulfone groups is 1. The Balaban J connectivity index is 1.76. The molecule has 0 unspecified atom stereocenters. The van der Waals surface area contributed by atoms with Crippen LogP contribution < -0.4 is 10.9 Å². The van der Waals surface area contributed by atoms with Gasteiger partial charge in [0.1, 0.15) is 4.90 Å². The van der Waals surface area contributed by atoms with E-state index in [1.807, 2.05) is 0 Å². The van der Waals surface area contributed by atoms with Gasteiger partial charge < -0.3 is 15.4 Å². The number of rotatable bonds is 9. The molecule has 210 valence electrons. The third-order valence-electron chi connectivity index (χ3n) is 6.63. The number of carbonyl (C=O) groups excluding carboxylic acids is 2. The van der Waals surface area contributed by atoms with Crippen molar-refractivity contribution in [3.05, 3.63) is 81.6 Å². The van der Waals surface area contributed by atoms with Gasteiger partial charge in [-0.1, -0.05) is 30.3 Å². The van der Waals surface area contributed by atoms with Crippen LogP contribution in [0.1, 0.15) is 39.1 Å². The number of hydrogen-bond donors (Lipinski definition) is 4. The number of aldehydes is 1. The van der Waals surface area contributed by atoms with Crippen molar-refractivity contribution >= 4 is 60.3 Å². The lowest BCUT2D eigenvalue weighted by molar-refractivity contribution is -0.137. The minimum absolute atomic E-state index is 0.00672. The van der Waals surface area contributed by atoms with Crippen LogP contribution in [0.2, 0.25) is 0 Å². The minimum atomic E-state index is -5.00. The van der Waals surface area contributed by atoms with E-state index in [9.17, 15) is 40.6 Å². The Kier molecular flexibility index (Phi) is 6.85. The van der Waals surface area contributed by atoms with Crippen LogP contribution in [-0.2, 0) is 24.7 Å². The van der Waals surface area contributed by atoms with Crippen molar-refractivity contribution in [3.8, 4) is 11.1 Å². The lowest BCUT2D eigenvalue weighted by Gasteiger charge is -2.24. The SMILES string of the molecule is O=Cc1c2c3c(c(Nc4cccc(S(=O)(=O)CCCC(=O)O)c4)cc(S(=O)(=O)O)c3[nH]c1=O)C(=O)c1ccccc1-2. The van der Waals surface area contributed by atoms with Crippen LogP contribution in [0.4, 0.5) is 11.4 Å². The first kappa shape index (κ1) is 27.9. The number of carboxylic acid groups (broad SMARTS) is 1. The molecule has 0 spiro atoms. The topological polar surface area (TPSA) is 205 Å². The van der Waals surface area contributed by atoms with Crippen molar-refractivity contribution in [2.75, 3.05) is 11.1 Å². The summed E-state index contributed by atoms with van der Waals surface area (Å²) in [5.41, 5.74) is -1.44. The van der Waals surface area contributed by atoms with Gasteiger partial charge in [-0.05, 0) is 36.2 Å². The molecule has 5 rings (SSSR count). The number of benzene rings is 3. The molecule has 1 heterocycles. The molecule has 0 saturated carbocycles. The molecule has 4 aromatic rings. The zero-order valence-electron chi connectivity index (χ0n) is 20.9. The third kappa shape index (κ3) is 4.92. The highest BCUT2D eigenvalue weighted by Gasteiger charge is 2.34. The average molecular weight is 597 g/mol. The summed E-state index contributed by atoms with van der Waals surface area (Å²) in [6.45, 7) is 0. The molecule has 1 aliphatic carbocycles. The number of fused-ring (bicyclic) bond motifs is 2. The second-order valence-electron chi connectivity index (χ2n) is 9.23. The molecule has 4 N–H and O–H groups in total. The number of aromatic amines is 1. The fourth-order valence-corrected chi connectivity index (χ4v) is 6.91. The maximum atomic E-state index is 13.8. The van der Waals surface area contributed by atoms with Crippen LogP contribution in [0.25, 0.3) is 22.0 Å². The van der Waals surface area contributed by atoms with Gasteiger partial charge in [0.15, 0.2) is 21.9 Å². The van der Waals surface area contributed by atoms with E-state index in [1.54, 1.807) is 12.1 Å². The van der Waals surface area contributed by atoms with Crippen LogP contribution in [-0.4, -0.2) is 55.3 Å². The summed E-state index contributed by atoms with van der Waals surface area (Å²) in [5, 5.41) is 11.6. The summed E-state index contributed by atoms with van der Waals surface area (Å²) in [5.74, 6) is -2.15. The lowest BCUT2D eigenvalue weighted by Crippen LogP contribution is -2.22. The number of pyridine rings is 1. The van der Waals surface area contributed by atoms with Crippen molar-refractivity contribution in [3.63, 3.8) is 0 Å². The number of nitrogens with one attached hydrogen (secondary N) is 2. The highest BCUT2D eigenvalue weighted by Crippen LogP contribution is 2.45. The number of aromatic nitrogens is 1. The van der Waals surface area contributed by atoms with E-state index in [1.165, 1.54) is 36.4 Å². The van der Waals surface area contributed by atoms with E-state index in [-0.39, 0.29) is 74.1 Å². The first-order chi connectivity index (χ1) is 19.3. The number of H-pyrrole nitrogens is 1. The van der Waals surface area contributed by atoms with Gasteiger partial charge in [0, 0.05) is 28.6 Å². The van der Waals surface area contributed by atoms with Crippen LogP contribution in [0, 0.1) is 0 Å². The summed E-state index contributed by atoms with van der Waals surface area (Å²) >= 11 is 0. The second-order valence-corrected chi connectivity index (χ2v) is 12.7. The molecule has 0 atom stereocenters. The molecule has 0 fully saturated rings. The van der Waals surface area contributed by atoms with Crippen LogP contribution in [0.15, 0.2) is 69.2 Å². The average Bonchev–Trinajstić information content (AvgIpc) is 2.90. The van der Waals surface area contributed by atoms with Gasteiger partial charge in [-0.2, -0.15) is 8.42 Å². The monoisotopic (exact) mass is 596 g/mol. The zero-order valence-corrected chi connectivity index (χ0v) is 22.5. The van der Waals surface area contributed by atoms with Crippen molar-refractivity contribution in [1.29, 1.82) is 0 Å². The quantitative estimate of drug-likeness (QED) is 0.144. The Hall–Kier alpha value is -4.66. The highest BCUT2D eigenvalue weighted by atomic mass is 32.2. The lowest BCUT2D eigenvalue weighted by atomic mass is 9.81. The normalized spacial score (nSPS) is 12.7. The number of aliphatic carboxylic acids is 1. The molecule has 0 amide bonds. The van der Waals surface area contributed by atoms with Crippen LogP contribution in [0.3, 0.4) is 0 Å². The zero-order chi connectivity index (χ0) is 29.7. The third-order valence-corrected chi connectivity index (χ3v) is 9.31. The van der Waals surface area contributed by atoms with Crippen molar-refractivity contribution in [2.45, 2.75) is 22.6 Å².